The van der Waals surface area contributed by atoms with Gasteiger partial charge in [0, 0.05) is 6.54 Å². The zero-order valence-electron chi connectivity index (χ0n) is 12.8. The fourth-order valence-electron chi connectivity index (χ4n) is 2.22. The first-order valence-corrected chi connectivity index (χ1v) is 7.31. The molecule has 0 radical (unpaired) electrons. The molecule has 0 fully saturated rings. The van der Waals surface area contributed by atoms with E-state index in [0.717, 1.165) is 19.3 Å². The number of hydrogen-bond donors (Lipinski definition) is 2. The van der Waals surface area contributed by atoms with Crippen LogP contribution in [-0.4, -0.2) is 28.2 Å². The number of rotatable bonds is 4. The molecule has 9 heteroatoms. The molecular formula is C14H18N6O3. The molecule has 3 N–H and O–H groups in total. The first-order valence-electron chi connectivity index (χ1n) is 7.31. The molecule has 2 rings (SSSR count). The maximum atomic E-state index is 12.4. The van der Waals surface area contributed by atoms with Crippen molar-refractivity contribution in [3.05, 3.63) is 17.5 Å². The number of nitrogens with one attached hydrogen (secondary N) is 1. The number of nitrogens with zero attached hydrogens (tertiary/aromatic N) is 4. The summed E-state index contributed by atoms with van der Waals surface area (Å²) >= 11 is 0. The predicted octanol–water partition coefficient (Wildman–Crippen LogP) is 1.50. The Labute approximate surface area is 133 Å². The van der Waals surface area contributed by atoms with Gasteiger partial charge in [-0.25, -0.2) is 25.0 Å². The summed E-state index contributed by atoms with van der Waals surface area (Å²) in [5.74, 6) is 5.56. The molecule has 0 spiro atoms. The van der Waals surface area contributed by atoms with Crippen LogP contribution in [0.1, 0.15) is 37.6 Å². The molecule has 1 aromatic heterocycles. The van der Waals surface area contributed by atoms with Gasteiger partial charge in [-0.1, -0.05) is 19.4 Å². The molecule has 9 nitrogen and oxygen atoms in total. The normalized spacial score (nSPS) is 12.2. The lowest BCUT2D eigenvalue weighted by Gasteiger charge is -2.15. The topological polar surface area (TPSA) is 126 Å². The Morgan fingerprint density at radius 2 is 2.39 bits per heavy atom. The zero-order valence-corrected chi connectivity index (χ0v) is 12.8. The van der Waals surface area contributed by atoms with E-state index in [4.69, 9.17) is 11.1 Å². The Balaban J connectivity index is 2.36. The van der Waals surface area contributed by atoms with Crippen molar-refractivity contribution in [3.63, 3.8) is 0 Å². The molecule has 0 aromatic carbocycles. The number of unbranched alkanes of at least 4 members (excludes halogenated alkanes) is 1. The second-order valence-corrected chi connectivity index (χ2v) is 4.93. The van der Waals surface area contributed by atoms with E-state index in [1.54, 1.807) is 6.08 Å². The van der Waals surface area contributed by atoms with Crippen molar-refractivity contribution in [2.45, 2.75) is 32.6 Å². The number of carbonyl (C=O) groups is 2. The Hall–Kier alpha value is -2.86. The van der Waals surface area contributed by atoms with Gasteiger partial charge in [0.1, 0.15) is 0 Å². The molecule has 0 saturated heterocycles. The molecule has 0 saturated carbocycles. The second kappa shape index (κ2) is 7.42. The lowest BCUT2D eigenvalue weighted by atomic mass is 10.1. The van der Waals surface area contributed by atoms with Crippen molar-refractivity contribution in [1.82, 2.24) is 14.9 Å². The number of hydrazine groups is 1. The van der Waals surface area contributed by atoms with Crippen molar-refractivity contribution >= 4 is 24.1 Å². The van der Waals surface area contributed by atoms with E-state index in [2.05, 4.69) is 15.0 Å². The zero-order chi connectivity index (χ0) is 16.8. The number of aryl methyl sites for hydroxylation is 1. The Morgan fingerprint density at radius 1 is 1.61 bits per heavy atom. The van der Waals surface area contributed by atoms with Crippen LogP contribution in [0.3, 0.4) is 0 Å². The van der Waals surface area contributed by atoms with Gasteiger partial charge in [-0.3, -0.25) is 0 Å². The molecule has 0 unspecified atom stereocenters. The highest BCUT2D eigenvalue weighted by Crippen LogP contribution is 2.24. The molecule has 1 aliphatic carbocycles. The third-order valence-corrected chi connectivity index (χ3v) is 3.35. The Morgan fingerprint density at radius 3 is 3.09 bits per heavy atom. The maximum Gasteiger partial charge on any atom is 0.446 e. The summed E-state index contributed by atoms with van der Waals surface area (Å²) in [6.45, 7) is 2.51. The fourth-order valence-corrected chi connectivity index (χ4v) is 2.22. The van der Waals surface area contributed by atoms with Crippen LogP contribution in [0.15, 0.2) is 6.08 Å². The number of hydrogen-bond acceptors (Lipinski definition) is 6. The maximum absolute atomic E-state index is 12.4. The van der Waals surface area contributed by atoms with E-state index in [-0.39, 0.29) is 5.95 Å². The van der Waals surface area contributed by atoms with Crippen LogP contribution in [0, 0.1) is 11.5 Å². The summed E-state index contributed by atoms with van der Waals surface area (Å²) in [5, 5.41) is 11.7. The molecule has 0 bridgehead atoms. The van der Waals surface area contributed by atoms with Crippen molar-refractivity contribution in [2.75, 3.05) is 11.6 Å². The summed E-state index contributed by atoms with van der Waals surface area (Å²) in [4.78, 5) is 28.3. The van der Waals surface area contributed by atoms with E-state index in [1.807, 2.05) is 13.0 Å². The van der Waals surface area contributed by atoms with Crippen LogP contribution in [0.5, 0.6) is 0 Å². The van der Waals surface area contributed by atoms with Crippen LogP contribution >= 0.6 is 0 Å². The third kappa shape index (κ3) is 3.49. The van der Waals surface area contributed by atoms with Crippen molar-refractivity contribution < 1.29 is 14.3 Å². The second-order valence-electron chi connectivity index (χ2n) is 4.93. The van der Waals surface area contributed by atoms with Crippen LogP contribution in [0.2, 0.25) is 0 Å². The van der Waals surface area contributed by atoms with E-state index >= 15 is 0 Å². The number of allylic oxidation sites excluding steroid dienone is 1. The number of imidazole rings is 1. The van der Waals surface area contributed by atoms with Crippen LogP contribution in [0.25, 0.3) is 6.08 Å². The Kier molecular flexibility index (Phi) is 5.32. The molecule has 1 aliphatic rings. The molecule has 122 valence electrons. The predicted molar refractivity (Wildman–Crippen MR) is 82.0 cm³/mol. The van der Waals surface area contributed by atoms with E-state index in [9.17, 15) is 9.59 Å². The Bertz CT molecular complexity index is 673. The molecule has 0 aliphatic heterocycles. The van der Waals surface area contributed by atoms with Crippen molar-refractivity contribution in [2.24, 2.45) is 5.84 Å². The van der Waals surface area contributed by atoms with E-state index < -0.39 is 12.1 Å². The van der Waals surface area contributed by atoms with Gasteiger partial charge in [0.15, 0.2) is 0 Å². The number of carbonyl (C=O) groups excluding carboxylic acids is 2. The number of nitriles is 1. The quantitative estimate of drug-likeness (QED) is 0.285. The van der Waals surface area contributed by atoms with Crippen molar-refractivity contribution in [3.8, 4) is 6.26 Å². The van der Waals surface area contributed by atoms with Gasteiger partial charge in [0.25, 0.3) is 6.26 Å². The van der Waals surface area contributed by atoms with Crippen LogP contribution < -0.4 is 16.2 Å². The minimum atomic E-state index is -1.11. The highest BCUT2D eigenvalue weighted by molar-refractivity contribution is 5.90. The van der Waals surface area contributed by atoms with Crippen LogP contribution in [0.4, 0.5) is 15.5 Å². The van der Waals surface area contributed by atoms with Crippen LogP contribution in [-0.2, 0) is 11.2 Å². The average molecular weight is 318 g/mol. The minimum Gasteiger partial charge on any atom is -0.337 e. The largest absolute Gasteiger partial charge is 0.446 e. The van der Waals surface area contributed by atoms with Gasteiger partial charge in [-0.05, 0) is 25.3 Å². The monoisotopic (exact) mass is 318 g/mol. The molecular weight excluding hydrogens is 300 g/mol. The molecule has 0 atom stereocenters. The number of ether oxygens (including phenoxy) is 1. The number of fused-ring (bicyclic) bond motifs is 1. The lowest BCUT2D eigenvalue weighted by Crippen LogP contribution is -2.42. The molecule has 2 amide bonds. The minimum absolute atomic E-state index is 0.0872. The standard InChI is InChI=1S/C14H18N6O3/c1-2-3-8-17-13(21)19-11-7-5-4-6-10(11)18-12(19)20(16)14(22)23-9-15/h5,7H,2-4,6,8,16H2,1H3,(H,17,21). The fraction of sp³-hybridized carbons (Fsp3) is 0.429. The molecule has 23 heavy (non-hydrogen) atoms. The first-order chi connectivity index (χ1) is 11.1. The average Bonchev–Trinajstić information content (AvgIpc) is 2.94. The third-order valence-electron chi connectivity index (χ3n) is 3.35. The van der Waals surface area contributed by atoms with Gasteiger partial charge in [-0.2, -0.15) is 5.01 Å². The first kappa shape index (κ1) is 16.5. The summed E-state index contributed by atoms with van der Waals surface area (Å²) < 4.78 is 5.41. The van der Waals surface area contributed by atoms with E-state index in [1.165, 1.54) is 10.8 Å². The van der Waals surface area contributed by atoms with E-state index in [0.29, 0.717) is 29.4 Å². The lowest BCUT2D eigenvalue weighted by molar-refractivity contribution is 0.197. The molecule has 1 aromatic rings. The van der Waals surface area contributed by atoms with Gasteiger partial charge in [-0.15, -0.1) is 5.26 Å². The summed E-state index contributed by atoms with van der Waals surface area (Å²) in [6, 6.07) is -0.436. The number of aromatic nitrogens is 2. The SMILES string of the molecule is CCCCNC(=O)n1c(N(N)C(=O)OC#N)nc2c1C=CCC2. The molecule has 1 heterocycles. The number of anilines is 1. The summed E-state index contributed by atoms with van der Waals surface area (Å²) in [7, 11) is 0. The van der Waals surface area contributed by atoms with Gasteiger partial charge < -0.3 is 10.1 Å². The highest BCUT2D eigenvalue weighted by atomic mass is 16.6. The van der Waals surface area contributed by atoms with Gasteiger partial charge >= 0.3 is 12.1 Å². The van der Waals surface area contributed by atoms with Crippen molar-refractivity contribution in [1.29, 1.82) is 5.26 Å². The summed E-state index contributed by atoms with van der Waals surface area (Å²) in [5.41, 5.74) is 1.23. The highest BCUT2D eigenvalue weighted by Gasteiger charge is 2.27. The smallest absolute Gasteiger partial charge is 0.337 e. The number of nitrogens with two attached hydrogens (primary N) is 1. The van der Waals surface area contributed by atoms with Gasteiger partial charge in [0.2, 0.25) is 5.95 Å². The summed E-state index contributed by atoms with van der Waals surface area (Å²) in [6.07, 6.45) is 7.00. The number of amides is 2. The van der Waals surface area contributed by atoms with Gasteiger partial charge in [0.05, 0.1) is 11.4 Å².